The quantitative estimate of drug-likeness (QED) is 0.774. The first-order valence-corrected chi connectivity index (χ1v) is 8.65. The van der Waals surface area contributed by atoms with Gasteiger partial charge in [0.25, 0.3) is 0 Å². The van der Waals surface area contributed by atoms with Crippen LogP contribution < -0.4 is 11.1 Å². The van der Waals surface area contributed by atoms with Crippen molar-refractivity contribution in [1.82, 2.24) is 9.78 Å². The molecule has 0 aliphatic rings. The molecule has 1 heterocycles. The van der Waals surface area contributed by atoms with Crippen LogP contribution in [0.3, 0.4) is 0 Å². The third-order valence-corrected chi connectivity index (χ3v) is 4.23. The Morgan fingerprint density at radius 2 is 2.23 bits per heavy atom. The van der Waals surface area contributed by atoms with Crippen LogP contribution in [0.4, 0.5) is 5.69 Å². The third-order valence-electron chi connectivity index (χ3n) is 2.92. The zero-order valence-electron chi connectivity index (χ0n) is 12.0. The Morgan fingerprint density at radius 3 is 2.91 bits per heavy atom. The van der Waals surface area contributed by atoms with Gasteiger partial charge in [0.2, 0.25) is 5.91 Å². The van der Waals surface area contributed by atoms with Crippen molar-refractivity contribution in [3.63, 3.8) is 0 Å². The Kier molecular flexibility index (Phi) is 7.95. The van der Waals surface area contributed by atoms with Crippen LogP contribution in [0.1, 0.15) is 6.42 Å². The zero-order valence-corrected chi connectivity index (χ0v) is 15.2. The van der Waals surface area contributed by atoms with Crippen LogP contribution in [0.15, 0.2) is 41.1 Å². The molecule has 0 fully saturated rings. The van der Waals surface area contributed by atoms with Gasteiger partial charge in [-0.15, -0.1) is 12.4 Å². The molecular weight excluding hydrogens is 388 g/mol. The molecule has 2 rings (SSSR count). The molecule has 1 amide bonds. The Balaban J connectivity index is 0.00000242. The maximum Gasteiger partial charge on any atom is 0.241 e. The lowest BCUT2D eigenvalue weighted by molar-refractivity contribution is -0.117. The van der Waals surface area contributed by atoms with Crippen LogP contribution in [0, 0.1) is 0 Å². The zero-order chi connectivity index (χ0) is 15.2. The first-order valence-electron chi connectivity index (χ1n) is 6.46. The standard InChI is InChI=1S/C14H17BrN4OS.ClH/c1-21-7-6-12(16)14(20)18-10-8-17-19(9-10)13-5-3-2-4-11(13)15;/h2-5,8-9,12H,6-7,16H2,1H3,(H,18,20);1H. The minimum atomic E-state index is -0.496. The second-order valence-corrected chi connectivity index (χ2v) is 6.34. The maximum absolute atomic E-state index is 11.9. The fraction of sp³-hybridized carbons (Fsp3) is 0.286. The minimum Gasteiger partial charge on any atom is -0.322 e. The molecule has 1 unspecified atom stereocenters. The van der Waals surface area contributed by atoms with Crippen molar-refractivity contribution in [2.45, 2.75) is 12.5 Å². The molecule has 0 radical (unpaired) electrons. The number of carbonyl (C=O) groups excluding carboxylic acids is 1. The monoisotopic (exact) mass is 404 g/mol. The molecule has 2 aromatic rings. The number of nitrogens with two attached hydrogens (primary N) is 1. The highest BCUT2D eigenvalue weighted by molar-refractivity contribution is 9.10. The summed E-state index contributed by atoms with van der Waals surface area (Å²) in [5.41, 5.74) is 7.37. The summed E-state index contributed by atoms with van der Waals surface area (Å²) in [7, 11) is 0. The lowest BCUT2D eigenvalue weighted by Gasteiger charge is -2.10. The average molecular weight is 406 g/mol. The van der Waals surface area contributed by atoms with Crippen molar-refractivity contribution in [1.29, 1.82) is 0 Å². The predicted molar refractivity (Wildman–Crippen MR) is 98.1 cm³/mol. The molecule has 1 aromatic heterocycles. The van der Waals surface area contributed by atoms with Gasteiger partial charge in [0.05, 0.1) is 29.8 Å². The summed E-state index contributed by atoms with van der Waals surface area (Å²) in [6, 6.07) is 7.24. The van der Waals surface area contributed by atoms with Crippen molar-refractivity contribution in [2.75, 3.05) is 17.3 Å². The Hall–Kier alpha value is -1.02. The maximum atomic E-state index is 11.9. The van der Waals surface area contributed by atoms with E-state index in [9.17, 15) is 4.79 Å². The van der Waals surface area contributed by atoms with Crippen LogP contribution in [-0.4, -0.2) is 33.7 Å². The van der Waals surface area contributed by atoms with Gasteiger partial charge < -0.3 is 11.1 Å². The summed E-state index contributed by atoms with van der Waals surface area (Å²) in [6.45, 7) is 0. The Labute approximate surface area is 148 Å². The largest absolute Gasteiger partial charge is 0.322 e. The number of amides is 1. The summed E-state index contributed by atoms with van der Waals surface area (Å²) in [5, 5.41) is 7.04. The van der Waals surface area contributed by atoms with E-state index in [0.29, 0.717) is 12.1 Å². The lowest BCUT2D eigenvalue weighted by Crippen LogP contribution is -2.35. The highest BCUT2D eigenvalue weighted by atomic mass is 79.9. The number of carbonyl (C=O) groups is 1. The number of nitrogens with zero attached hydrogens (tertiary/aromatic N) is 2. The molecule has 0 saturated carbocycles. The average Bonchev–Trinajstić information content (AvgIpc) is 2.93. The first-order chi connectivity index (χ1) is 10.1. The van der Waals surface area contributed by atoms with Crippen LogP contribution in [0.25, 0.3) is 5.69 Å². The topological polar surface area (TPSA) is 72.9 Å². The van der Waals surface area contributed by atoms with Gasteiger partial charge in [0.15, 0.2) is 0 Å². The van der Waals surface area contributed by atoms with Gasteiger partial charge in [-0.3, -0.25) is 4.79 Å². The molecule has 1 atom stereocenters. The van der Waals surface area contributed by atoms with E-state index in [1.54, 1.807) is 28.8 Å². The van der Waals surface area contributed by atoms with Crippen LogP contribution in [0.2, 0.25) is 0 Å². The SMILES string of the molecule is CSCCC(N)C(=O)Nc1cnn(-c2ccccc2Br)c1.Cl. The fourth-order valence-electron chi connectivity index (χ4n) is 1.77. The number of aromatic nitrogens is 2. The van der Waals surface area contributed by atoms with E-state index in [1.165, 1.54) is 0 Å². The molecule has 120 valence electrons. The Bertz CT molecular complexity index is 622. The van der Waals surface area contributed by atoms with E-state index >= 15 is 0 Å². The van der Waals surface area contributed by atoms with Gasteiger partial charge in [0.1, 0.15) is 0 Å². The molecule has 0 bridgehead atoms. The molecule has 0 saturated heterocycles. The molecule has 0 aliphatic heterocycles. The van der Waals surface area contributed by atoms with E-state index in [2.05, 4.69) is 26.3 Å². The molecule has 5 nitrogen and oxygen atoms in total. The van der Waals surface area contributed by atoms with Gasteiger partial charge in [-0.25, -0.2) is 4.68 Å². The number of thioether (sulfide) groups is 1. The summed E-state index contributed by atoms with van der Waals surface area (Å²) in [6.07, 6.45) is 6.02. The summed E-state index contributed by atoms with van der Waals surface area (Å²) >= 11 is 5.15. The molecular formula is C14H18BrClN4OS. The third kappa shape index (κ3) is 5.01. The molecule has 3 N–H and O–H groups in total. The van der Waals surface area contributed by atoms with Crippen LogP contribution in [-0.2, 0) is 4.79 Å². The van der Waals surface area contributed by atoms with E-state index in [1.807, 2.05) is 30.5 Å². The highest BCUT2D eigenvalue weighted by Crippen LogP contribution is 2.21. The lowest BCUT2D eigenvalue weighted by atomic mass is 10.2. The number of hydrogen-bond acceptors (Lipinski definition) is 4. The molecule has 22 heavy (non-hydrogen) atoms. The molecule has 0 aliphatic carbocycles. The van der Waals surface area contributed by atoms with Gasteiger partial charge in [-0.1, -0.05) is 12.1 Å². The number of hydrogen-bond donors (Lipinski definition) is 2. The highest BCUT2D eigenvalue weighted by Gasteiger charge is 2.14. The number of para-hydroxylation sites is 1. The molecule has 1 aromatic carbocycles. The molecule has 0 spiro atoms. The normalized spacial score (nSPS) is 11.6. The summed E-state index contributed by atoms with van der Waals surface area (Å²) < 4.78 is 2.63. The van der Waals surface area contributed by atoms with Gasteiger partial charge >= 0.3 is 0 Å². The summed E-state index contributed by atoms with van der Waals surface area (Å²) in [4.78, 5) is 11.9. The van der Waals surface area contributed by atoms with Gasteiger partial charge in [0, 0.05) is 4.47 Å². The smallest absolute Gasteiger partial charge is 0.241 e. The van der Waals surface area contributed by atoms with E-state index in [-0.39, 0.29) is 18.3 Å². The van der Waals surface area contributed by atoms with Crippen LogP contribution in [0.5, 0.6) is 0 Å². The van der Waals surface area contributed by atoms with Crippen molar-refractivity contribution in [3.05, 3.63) is 41.1 Å². The number of benzene rings is 1. The summed E-state index contributed by atoms with van der Waals surface area (Å²) in [5.74, 6) is 0.681. The minimum absolute atomic E-state index is 0. The molecule has 8 heteroatoms. The van der Waals surface area contributed by atoms with Gasteiger partial charge in [-0.05, 0) is 46.5 Å². The van der Waals surface area contributed by atoms with Crippen molar-refractivity contribution in [2.24, 2.45) is 5.73 Å². The van der Waals surface area contributed by atoms with Crippen molar-refractivity contribution in [3.8, 4) is 5.69 Å². The Morgan fingerprint density at radius 1 is 1.50 bits per heavy atom. The van der Waals surface area contributed by atoms with E-state index in [0.717, 1.165) is 15.9 Å². The number of rotatable bonds is 6. The second-order valence-electron chi connectivity index (χ2n) is 4.50. The number of nitrogens with one attached hydrogen (secondary N) is 1. The first kappa shape index (κ1) is 19.0. The second kappa shape index (κ2) is 9.19. The fourth-order valence-corrected chi connectivity index (χ4v) is 2.72. The van der Waals surface area contributed by atoms with Crippen molar-refractivity contribution < 1.29 is 4.79 Å². The predicted octanol–water partition coefficient (Wildman–Crippen LogP) is 3.08. The number of halogens is 2. The van der Waals surface area contributed by atoms with Crippen LogP contribution >= 0.6 is 40.1 Å². The van der Waals surface area contributed by atoms with E-state index < -0.39 is 6.04 Å². The van der Waals surface area contributed by atoms with Gasteiger partial charge in [-0.2, -0.15) is 16.9 Å². The van der Waals surface area contributed by atoms with Crippen molar-refractivity contribution >= 4 is 51.7 Å². The van der Waals surface area contributed by atoms with E-state index in [4.69, 9.17) is 5.73 Å². The number of anilines is 1.